The number of nitrogens with zero attached hydrogens (tertiary/aromatic N) is 3. The Labute approximate surface area is 100 Å². The normalized spacial score (nSPS) is 10.0. The molecule has 0 unspecified atom stereocenters. The van der Waals surface area contributed by atoms with Crippen LogP contribution >= 0.6 is 0 Å². The number of likely N-dealkylation sites (N-methyl/N-ethyl adjacent to an activating group) is 1. The van der Waals surface area contributed by atoms with Crippen LogP contribution in [0.15, 0.2) is 12.4 Å². The van der Waals surface area contributed by atoms with Crippen molar-refractivity contribution in [2.75, 3.05) is 24.6 Å². The number of carboxylic acids is 1. The van der Waals surface area contributed by atoms with Gasteiger partial charge in [-0.15, -0.1) is 0 Å². The average molecular weight is 239 g/mol. The first-order valence-corrected chi connectivity index (χ1v) is 5.59. The first kappa shape index (κ1) is 13.2. The van der Waals surface area contributed by atoms with E-state index in [9.17, 15) is 4.79 Å². The number of anilines is 1. The Morgan fingerprint density at radius 2 is 2.24 bits per heavy atom. The number of rotatable bonds is 7. The first-order valence-electron chi connectivity index (χ1n) is 5.59. The molecule has 1 rings (SSSR count). The highest BCUT2D eigenvalue weighted by Crippen LogP contribution is 2.13. The SMILES string of the molecule is CCCOc1cncc(N(CC)CC(=O)O)n1. The molecule has 1 aromatic rings. The number of carbonyl (C=O) groups is 1. The second-order valence-corrected chi connectivity index (χ2v) is 3.47. The third-order valence-electron chi connectivity index (χ3n) is 2.09. The molecule has 0 aliphatic heterocycles. The number of carboxylic acid groups (broad SMARTS) is 1. The van der Waals surface area contributed by atoms with Crippen molar-refractivity contribution in [2.45, 2.75) is 20.3 Å². The molecule has 0 spiro atoms. The number of hydrogen-bond donors (Lipinski definition) is 1. The zero-order chi connectivity index (χ0) is 12.7. The Morgan fingerprint density at radius 1 is 1.47 bits per heavy atom. The summed E-state index contributed by atoms with van der Waals surface area (Å²) in [4.78, 5) is 20.5. The van der Waals surface area contributed by atoms with Crippen molar-refractivity contribution >= 4 is 11.8 Å². The highest BCUT2D eigenvalue weighted by atomic mass is 16.5. The van der Waals surface area contributed by atoms with Gasteiger partial charge in [-0.2, -0.15) is 4.98 Å². The van der Waals surface area contributed by atoms with Crippen LogP contribution in [0.1, 0.15) is 20.3 Å². The minimum Gasteiger partial charge on any atom is -0.480 e. The molecule has 0 aromatic carbocycles. The Bertz CT molecular complexity index is 371. The summed E-state index contributed by atoms with van der Waals surface area (Å²) in [6.07, 6.45) is 3.94. The van der Waals surface area contributed by atoms with Gasteiger partial charge < -0.3 is 14.7 Å². The molecule has 0 fully saturated rings. The third kappa shape index (κ3) is 4.26. The lowest BCUT2D eigenvalue weighted by molar-refractivity contribution is -0.135. The van der Waals surface area contributed by atoms with Gasteiger partial charge in [-0.25, -0.2) is 0 Å². The van der Waals surface area contributed by atoms with Crippen LogP contribution in [-0.2, 0) is 4.79 Å². The zero-order valence-corrected chi connectivity index (χ0v) is 10.1. The van der Waals surface area contributed by atoms with E-state index in [1.54, 1.807) is 4.90 Å². The molecule has 0 aliphatic carbocycles. The monoisotopic (exact) mass is 239 g/mol. The maximum atomic E-state index is 10.7. The molecule has 0 bridgehead atoms. The molecule has 17 heavy (non-hydrogen) atoms. The molecule has 6 heteroatoms. The van der Waals surface area contributed by atoms with Crippen molar-refractivity contribution in [3.63, 3.8) is 0 Å². The minimum absolute atomic E-state index is 0.0948. The molecule has 0 saturated carbocycles. The number of hydrogen-bond acceptors (Lipinski definition) is 5. The van der Waals surface area contributed by atoms with Gasteiger partial charge in [0.1, 0.15) is 6.54 Å². The van der Waals surface area contributed by atoms with E-state index in [1.165, 1.54) is 12.4 Å². The Morgan fingerprint density at radius 3 is 2.82 bits per heavy atom. The summed E-state index contributed by atoms with van der Waals surface area (Å²) < 4.78 is 5.35. The fourth-order valence-electron chi connectivity index (χ4n) is 1.28. The second kappa shape index (κ2) is 6.67. The predicted molar refractivity (Wildman–Crippen MR) is 63.3 cm³/mol. The van der Waals surface area contributed by atoms with Crippen LogP contribution in [0.3, 0.4) is 0 Å². The van der Waals surface area contributed by atoms with Crippen LogP contribution in [0.25, 0.3) is 0 Å². The molecular weight excluding hydrogens is 222 g/mol. The van der Waals surface area contributed by atoms with E-state index in [0.29, 0.717) is 24.8 Å². The van der Waals surface area contributed by atoms with Gasteiger partial charge in [0.05, 0.1) is 19.0 Å². The molecule has 0 radical (unpaired) electrons. The van der Waals surface area contributed by atoms with Gasteiger partial charge in [0.25, 0.3) is 0 Å². The Hall–Kier alpha value is -1.85. The van der Waals surface area contributed by atoms with E-state index in [0.717, 1.165) is 6.42 Å². The second-order valence-electron chi connectivity index (χ2n) is 3.47. The molecule has 0 atom stereocenters. The molecule has 0 aliphatic rings. The summed E-state index contributed by atoms with van der Waals surface area (Å²) in [5.74, 6) is 0.0465. The minimum atomic E-state index is -0.895. The van der Waals surface area contributed by atoms with Crippen molar-refractivity contribution in [1.82, 2.24) is 9.97 Å². The lowest BCUT2D eigenvalue weighted by atomic mass is 10.4. The standard InChI is InChI=1S/C11H17N3O3/c1-3-5-17-10-7-12-6-9(13-10)14(4-2)8-11(15)16/h6-7H,3-5,8H2,1-2H3,(H,15,16). The molecule has 1 aromatic heterocycles. The maximum absolute atomic E-state index is 10.7. The van der Waals surface area contributed by atoms with Crippen LogP contribution < -0.4 is 9.64 Å². The number of aromatic nitrogens is 2. The molecule has 0 saturated heterocycles. The number of aliphatic carboxylic acids is 1. The summed E-state index contributed by atoms with van der Waals surface area (Å²) in [5, 5.41) is 8.77. The summed E-state index contributed by atoms with van der Waals surface area (Å²) in [5.41, 5.74) is 0. The van der Waals surface area contributed by atoms with Crippen molar-refractivity contribution < 1.29 is 14.6 Å². The van der Waals surface area contributed by atoms with Crippen LogP contribution in [0.5, 0.6) is 5.88 Å². The fraction of sp³-hybridized carbons (Fsp3) is 0.545. The topological polar surface area (TPSA) is 75.5 Å². The Kier molecular flexibility index (Phi) is 5.19. The molecule has 1 N–H and O–H groups in total. The highest BCUT2D eigenvalue weighted by Gasteiger charge is 2.11. The van der Waals surface area contributed by atoms with E-state index in [4.69, 9.17) is 9.84 Å². The molecule has 1 heterocycles. The zero-order valence-electron chi connectivity index (χ0n) is 10.1. The van der Waals surface area contributed by atoms with Crippen molar-refractivity contribution in [3.05, 3.63) is 12.4 Å². The van der Waals surface area contributed by atoms with Gasteiger partial charge in [-0.3, -0.25) is 9.78 Å². The Balaban J connectivity index is 2.77. The van der Waals surface area contributed by atoms with Crippen LogP contribution in [0.2, 0.25) is 0 Å². The summed E-state index contributed by atoms with van der Waals surface area (Å²) in [7, 11) is 0. The van der Waals surface area contributed by atoms with Gasteiger partial charge in [-0.1, -0.05) is 6.92 Å². The molecule has 6 nitrogen and oxygen atoms in total. The summed E-state index contributed by atoms with van der Waals surface area (Å²) in [6.45, 7) is 4.90. The van der Waals surface area contributed by atoms with Crippen molar-refractivity contribution in [1.29, 1.82) is 0 Å². The van der Waals surface area contributed by atoms with Gasteiger partial charge in [0.15, 0.2) is 5.82 Å². The average Bonchev–Trinajstić information content (AvgIpc) is 2.33. The fourth-order valence-corrected chi connectivity index (χ4v) is 1.28. The quantitative estimate of drug-likeness (QED) is 0.770. The number of ether oxygens (including phenoxy) is 1. The van der Waals surface area contributed by atoms with Crippen molar-refractivity contribution in [2.24, 2.45) is 0 Å². The summed E-state index contributed by atoms with van der Waals surface area (Å²) >= 11 is 0. The van der Waals surface area contributed by atoms with E-state index in [1.807, 2.05) is 13.8 Å². The smallest absolute Gasteiger partial charge is 0.323 e. The first-order chi connectivity index (χ1) is 8.17. The van der Waals surface area contributed by atoms with Gasteiger partial charge >= 0.3 is 5.97 Å². The molecular formula is C11H17N3O3. The van der Waals surface area contributed by atoms with Gasteiger partial charge in [0, 0.05) is 6.54 Å². The van der Waals surface area contributed by atoms with E-state index >= 15 is 0 Å². The van der Waals surface area contributed by atoms with Crippen LogP contribution in [-0.4, -0.2) is 40.7 Å². The van der Waals surface area contributed by atoms with E-state index < -0.39 is 5.97 Å². The van der Waals surface area contributed by atoms with Gasteiger partial charge in [0.2, 0.25) is 5.88 Å². The molecule has 94 valence electrons. The maximum Gasteiger partial charge on any atom is 0.323 e. The van der Waals surface area contributed by atoms with Crippen LogP contribution in [0.4, 0.5) is 5.82 Å². The third-order valence-corrected chi connectivity index (χ3v) is 2.09. The van der Waals surface area contributed by atoms with Crippen LogP contribution in [0, 0.1) is 0 Å². The predicted octanol–water partition coefficient (Wildman–Crippen LogP) is 1.18. The van der Waals surface area contributed by atoms with E-state index in [-0.39, 0.29) is 6.54 Å². The van der Waals surface area contributed by atoms with Crippen molar-refractivity contribution in [3.8, 4) is 5.88 Å². The lowest BCUT2D eigenvalue weighted by Gasteiger charge is -2.19. The largest absolute Gasteiger partial charge is 0.480 e. The lowest BCUT2D eigenvalue weighted by Crippen LogP contribution is -2.30. The highest BCUT2D eigenvalue weighted by molar-refractivity contribution is 5.73. The van der Waals surface area contributed by atoms with E-state index in [2.05, 4.69) is 9.97 Å². The summed E-state index contributed by atoms with van der Waals surface area (Å²) in [6, 6.07) is 0. The molecule has 0 amide bonds. The van der Waals surface area contributed by atoms with Gasteiger partial charge in [-0.05, 0) is 13.3 Å².